The van der Waals surface area contributed by atoms with Gasteiger partial charge >= 0.3 is 0 Å². The Labute approximate surface area is 124 Å². The van der Waals surface area contributed by atoms with Crippen LogP contribution in [0.3, 0.4) is 0 Å². The first kappa shape index (κ1) is 15.4. The van der Waals surface area contributed by atoms with Crippen molar-refractivity contribution in [1.29, 1.82) is 0 Å². The summed E-state index contributed by atoms with van der Waals surface area (Å²) in [5, 5.41) is 3.32. The van der Waals surface area contributed by atoms with Gasteiger partial charge in [0, 0.05) is 13.7 Å². The highest BCUT2D eigenvalue weighted by Crippen LogP contribution is 2.28. The van der Waals surface area contributed by atoms with Crippen LogP contribution in [0.25, 0.3) is 0 Å². The average Bonchev–Trinajstić information content (AvgIpc) is 3.02. The van der Waals surface area contributed by atoms with E-state index in [-0.39, 0.29) is 0 Å². The van der Waals surface area contributed by atoms with Gasteiger partial charge in [-0.25, -0.2) is 0 Å². The van der Waals surface area contributed by atoms with E-state index in [4.69, 9.17) is 18.6 Å². The zero-order chi connectivity index (χ0) is 14.9. The Kier molecular flexibility index (Phi) is 6.12. The molecule has 1 aromatic heterocycles. The molecule has 0 fully saturated rings. The van der Waals surface area contributed by atoms with Gasteiger partial charge in [0.1, 0.15) is 12.4 Å². The first-order chi connectivity index (χ1) is 10.3. The molecule has 0 aliphatic heterocycles. The fourth-order valence-electron chi connectivity index (χ4n) is 1.92. The Morgan fingerprint density at radius 3 is 2.67 bits per heavy atom. The van der Waals surface area contributed by atoms with Gasteiger partial charge in [0.25, 0.3) is 0 Å². The smallest absolute Gasteiger partial charge is 0.161 e. The summed E-state index contributed by atoms with van der Waals surface area (Å²) in [7, 11) is 3.28. The van der Waals surface area contributed by atoms with Gasteiger partial charge in [-0.05, 0) is 29.8 Å². The van der Waals surface area contributed by atoms with Crippen molar-refractivity contribution in [2.45, 2.75) is 13.1 Å². The minimum Gasteiger partial charge on any atom is -0.493 e. The molecule has 5 heteroatoms. The summed E-state index contributed by atoms with van der Waals surface area (Å²) in [5.74, 6) is 2.37. The van der Waals surface area contributed by atoms with Gasteiger partial charge in [-0.15, -0.1) is 0 Å². The molecule has 21 heavy (non-hydrogen) atoms. The minimum absolute atomic E-state index is 0.503. The van der Waals surface area contributed by atoms with E-state index in [0.717, 1.165) is 29.4 Å². The van der Waals surface area contributed by atoms with Crippen molar-refractivity contribution in [3.8, 4) is 11.5 Å². The number of nitrogens with one attached hydrogen (secondary N) is 1. The lowest BCUT2D eigenvalue weighted by molar-refractivity contribution is 0.144. The van der Waals surface area contributed by atoms with E-state index in [2.05, 4.69) is 5.32 Å². The summed E-state index contributed by atoms with van der Waals surface area (Å²) in [6, 6.07) is 9.72. The molecule has 0 atom stereocenters. The Morgan fingerprint density at radius 1 is 1.05 bits per heavy atom. The van der Waals surface area contributed by atoms with Crippen LogP contribution < -0.4 is 14.8 Å². The fraction of sp³-hybridized carbons (Fsp3) is 0.375. The highest BCUT2D eigenvalue weighted by atomic mass is 16.5. The number of rotatable bonds is 9. The van der Waals surface area contributed by atoms with E-state index in [1.807, 2.05) is 30.3 Å². The van der Waals surface area contributed by atoms with Gasteiger partial charge < -0.3 is 23.9 Å². The Morgan fingerprint density at radius 2 is 1.95 bits per heavy atom. The first-order valence-corrected chi connectivity index (χ1v) is 6.85. The highest BCUT2D eigenvalue weighted by Gasteiger charge is 2.06. The van der Waals surface area contributed by atoms with Gasteiger partial charge in [0.05, 0.1) is 26.5 Å². The van der Waals surface area contributed by atoms with Gasteiger partial charge in [-0.1, -0.05) is 6.07 Å². The Balaban J connectivity index is 1.88. The van der Waals surface area contributed by atoms with Gasteiger partial charge in [0.2, 0.25) is 0 Å². The van der Waals surface area contributed by atoms with Crippen molar-refractivity contribution in [1.82, 2.24) is 5.32 Å². The standard InChI is InChI=1S/C16H21NO4/c1-18-8-9-21-15-6-5-13(10-16(15)19-2)11-17-12-14-4-3-7-20-14/h3-7,10,17H,8-9,11-12H2,1-2H3. The molecule has 2 aromatic rings. The van der Waals surface area contributed by atoms with E-state index < -0.39 is 0 Å². The molecule has 0 unspecified atom stereocenters. The number of ether oxygens (including phenoxy) is 3. The Hall–Kier alpha value is -1.98. The van der Waals surface area contributed by atoms with E-state index in [1.165, 1.54) is 0 Å². The summed E-state index contributed by atoms with van der Waals surface area (Å²) < 4.78 is 21.2. The summed E-state index contributed by atoms with van der Waals surface area (Å²) in [4.78, 5) is 0. The molecule has 1 aromatic carbocycles. The van der Waals surface area contributed by atoms with Crippen LogP contribution in [0.15, 0.2) is 41.0 Å². The van der Waals surface area contributed by atoms with Crippen molar-refractivity contribution in [3.63, 3.8) is 0 Å². The number of benzene rings is 1. The summed E-state index contributed by atoms with van der Waals surface area (Å²) >= 11 is 0. The van der Waals surface area contributed by atoms with Crippen molar-refractivity contribution in [2.24, 2.45) is 0 Å². The quantitative estimate of drug-likeness (QED) is 0.720. The molecule has 0 aliphatic rings. The average molecular weight is 291 g/mol. The third-order valence-electron chi connectivity index (χ3n) is 2.98. The molecule has 0 spiro atoms. The van der Waals surface area contributed by atoms with Crippen LogP contribution in [0, 0.1) is 0 Å². The normalized spacial score (nSPS) is 10.6. The maximum Gasteiger partial charge on any atom is 0.161 e. The van der Waals surface area contributed by atoms with Crippen LogP contribution in [-0.4, -0.2) is 27.4 Å². The highest BCUT2D eigenvalue weighted by molar-refractivity contribution is 5.42. The molecule has 0 saturated carbocycles. The lowest BCUT2D eigenvalue weighted by Crippen LogP contribution is -2.12. The molecule has 0 saturated heterocycles. The van der Waals surface area contributed by atoms with Crippen LogP contribution in [-0.2, 0) is 17.8 Å². The molecule has 0 aliphatic carbocycles. The van der Waals surface area contributed by atoms with E-state index in [9.17, 15) is 0 Å². The zero-order valence-corrected chi connectivity index (χ0v) is 12.4. The SMILES string of the molecule is COCCOc1ccc(CNCc2ccco2)cc1OC. The van der Waals surface area contributed by atoms with E-state index in [1.54, 1.807) is 20.5 Å². The van der Waals surface area contributed by atoms with Crippen molar-refractivity contribution >= 4 is 0 Å². The lowest BCUT2D eigenvalue weighted by Gasteiger charge is -2.12. The summed E-state index contributed by atoms with van der Waals surface area (Å²) in [6.45, 7) is 2.48. The van der Waals surface area contributed by atoms with Crippen LogP contribution in [0.5, 0.6) is 11.5 Å². The number of hydrogen-bond acceptors (Lipinski definition) is 5. The molecule has 114 valence electrons. The minimum atomic E-state index is 0.503. The third-order valence-corrected chi connectivity index (χ3v) is 2.98. The largest absolute Gasteiger partial charge is 0.493 e. The van der Waals surface area contributed by atoms with E-state index >= 15 is 0 Å². The zero-order valence-electron chi connectivity index (χ0n) is 12.4. The summed E-state index contributed by atoms with van der Waals surface area (Å²) in [6.07, 6.45) is 1.67. The van der Waals surface area contributed by atoms with Crippen molar-refractivity contribution in [2.75, 3.05) is 27.4 Å². The predicted octanol–water partition coefficient (Wildman–Crippen LogP) is 2.60. The maximum absolute atomic E-state index is 5.60. The molecule has 5 nitrogen and oxygen atoms in total. The van der Waals surface area contributed by atoms with Gasteiger partial charge in [0.15, 0.2) is 11.5 Å². The molecular formula is C16H21NO4. The fourth-order valence-corrected chi connectivity index (χ4v) is 1.92. The van der Waals surface area contributed by atoms with Gasteiger partial charge in [-0.2, -0.15) is 0 Å². The van der Waals surface area contributed by atoms with E-state index in [0.29, 0.717) is 19.8 Å². The second-order valence-electron chi connectivity index (χ2n) is 4.51. The van der Waals surface area contributed by atoms with Gasteiger partial charge in [-0.3, -0.25) is 0 Å². The number of hydrogen-bond donors (Lipinski definition) is 1. The van der Waals surface area contributed by atoms with Crippen molar-refractivity contribution in [3.05, 3.63) is 47.9 Å². The maximum atomic E-state index is 5.60. The van der Waals surface area contributed by atoms with Crippen LogP contribution in [0.4, 0.5) is 0 Å². The monoisotopic (exact) mass is 291 g/mol. The second-order valence-corrected chi connectivity index (χ2v) is 4.51. The summed E-state index contributed by atoms with van der Waals surface area (Å²) in [5.41, 5.74) is 1.12. The number of methoxy groups -OCH3 is 2. The van der Waals surface area contributed by atoms with Crippen molar-refractivity contribution < 1.29 is 18.6 Å². The topological polar surface area (TPSA) is 52.9 Å². The molecule has 2 rings (SSSR count). The van der Waals surface area contributed by atoms with Crippen LogP contribution in [0.2, 0.25) is 0 Å². The molecule has 1 heterocycles. The number of furan rings is 1. The predicted molar refractivity (Wildman–Crippen MR) is 79.6 cm³/mol. The lowest BCUT2D eigenvalue weighted by atomic mass is 10.2. The molecule has 0 amide bonds. The molecule has 0 radical (unpaired) electrons. The van der Waals surface area contributed by atoms with Crippen LogP contribution in [0.1, 0.15) is 11.3 Å². The van der Waals surface area contributed by atoms with Crippen LogP contribution >= 0.6 is 0 Å². The second kappa shape index (κ2) is 8.34. The molecular weight excluding hydrogens is 270 g/mol. The first-order valence-electron chi connectivity index (χ1n) is 6.85. The molecule has 1 N–H and O–H groups in total. The molecule has 0 bridgehead atoms. The Bertz CT molecular complexity index is 525. The third kappa shape index (κ3) is 4.81.